The Morgan fingerprint density at radius 3 is 1.29 bits per heavy atom. The normalized spacial score (nSPS) is 15.8. The molecule has 0 spiro atoms. The molecule has 0 fully saturated rings. The van der Waals surface area contributed by atoms with Crippen LogP contribution in [0, 0.1) is 0 Å². The summed E-state index contributed by atoms with van der Waals surface area (Å²) in [6.45, 7) is 2.96. The molecule has 0 radical (unpaired) electrons. The summed E-state index contributed by atoms with van der Waals surface area (Å²) >= 11 is 0. The molecule has 0 aliphatic heterocycles. The Morgan fingerprint density at radius 2 is 0.929 bits per heavy atom. The molecule has 2 N–H and O–H groups in total. The number of aromatic hydroxyl groups is 2. The smallest absolute Gasteiger partial charge is 0.193 e. The van der Waals surface area contributed by atoms with Crippen LogP contribution in [-0.2, 0) is 0 Å². The van der Waals surface area contributed by atoms with Crippen LogP contribution in [0.15, 0.2) is 47.6 Å². The molecule has 4 rings (SSSR count). The van der Waals surface area contributed by atoms with Crippen molar-refractivity contribution in [3.63, 3.8) is 0 Å². The van der Waals surface area contributed by atoms with Gasteiger partial charge in [0.1, 0.15) is 11.5 Å². The number of rotatable bonds is 1. The van der Waals surface area contributed by atoms with E-state index < -0.39 is 23.1 Å². The predicted octanol–water partition coefficient (Wildman–Crippen LogP) is 3.42. The number of fused-ring (bicyclic) bond motifs is 2. The maximum Gasteiger partial charge on any atom is 0.193 e. The Labute approximate surface area is 159 Å². The molecule has 28 heavy (non-hydrogen) atoms. The van der Waals surface area contributed by atoms with Crippen molar-refractivity contribution in [2.24, 2.45) is 0 Å². The zero-order chi connectivity index (χ0) is 20.3. The number of hydrogen-bond acceptors (Lipinski definition) is 6. The summed E-state index contributed by atoms with van der Waals surface area (Å²) in [6.07, 6.45) is 2.36. The van der Waals surface area contributed by atoms with E-state index in [1.807, 2.05) is 0 Å². The van der Waals surface area contributed by atoms with Gasteiger partial charge in [0.25, 0.3) is 0 Å². The third kappa shape index (κ3) is 2.28. The van der Waals surface area contributed by atoms with E-state index in [1.165, 1.54) is 50.3 Å². The number of phenolic OH excluding ortho intramolecular Hbond substituents is 2. The molecule has 2 aromatic rings. The van der Waals surface area contributed by atoms with E-state index in [1.54, 1.807) is 0 Å². The van der Waals surface area contributed by atoms with Gasteiger partial charge in [-0.15, -0.1) is 0 Å². The SMILES string of the molecule is CC1=CC(=O)c2c(-c3ccc(O)c4c3C(=O)C=C(C)C4=O)ccc(O)c2C1=O. The molecular formula is C22H14O6. The van der Waals surface area contributed by atoms with Gasteiger partial charge in [-0.1, -0.05) is 0 Å². The van der Waals surface area contributed by atoms with E-state index in [9.17, 15) is 29.4 Å². The molecule has 0 unspecified atom stereocenters. The van der Waals surface area contributed by atoms with Gasteiger partial charge in [-0.05, 0) is 61.4 Å². The highest BCUT2D eigenvalue weighted by Gasteiger charge is 2.33. The number of phenols is 2. The topological polar surface area (TPSA) is 109 Å². The minimum atomic E-state index is -0.486. The number of benzene rings is 2. The molecule has 0 aromatic heterocycles. The summed E-state index contributed by atoms with van der Waals surface area (Å²) in [5.74, 6) is -2.62. The van der Waals surface area contributed by atoms with Gasteiger partial charge in [0.05, 0.1) is 11.1 Å². The number of Topliss-reactive ketones (excluding diaryl/α,β-unsaturated/α-hetero) is 2. The van der Waals surface area contributed by atoms with Gasteiger partial charge in [-0.3, -0.25) is 19.2 Å². The Hall–Kier alpha value is -3.80. The number of carbonyl (C=O) groups is 4. The van der Waals surface area contributed by atoms with E-state index in [-0.39, 0.29) is 56.0 Å². The first-order valence-electron chi connectivity index (χ1n) is 8.49. The van der Waals surface area contributed by atoms with Gasteiger partial charge >= 0.3 is 0 Å². The lowest BCUT2D eigenvalue weighted by Gasteiger charge is -2.22. The lowest BCUT2D eigenvalue weighted by Crippen LogP contribution is -2.19. The van der Waals surface area contributed by atoms with Crippen LogP contribution < -0.4 is 0 Å². The Morgan fingerprint density at radius 1 is 0.571 bits per heavy atom. The Balaban J connectivity index is 2.09. The molecule has 2 aromatic carbocycles. The minimum Gasteiger partial charge on any atom is -0.507 e. The van der Waals surface area contributed by atoms with Crippen LogP contribution in [-0.4, -0.2) is 33.3 Å². The summed E-state index contributed by atoms with van der Waals surface area (Å²) < 4.78 is 0. The van der Waals surface area contributed by atoms with Gasteiger partial charge < -0.3 is 10.2 Å². The Kier molecular flexibility index (Phi) is 3.68. The first-order valence-corrected chi connectivity index (χ1v) is 8.49. The average Bonchev–Trinajstić information content (AvgIpc) is 2.64. The second-order valence-corrected chi connectivity index (χ2v) is 6.81. The molecule has 0 saturated carbocycles. The standard InChI is InChI=1S/C22H14O6/c1-9-7-15(25)17-11(3-5-13(23)19(17)21(9)27)12-4-6-14(24)20-18(12)16(26)8-10(2)22(20)28/h3-8,23-24H,1-2H3. The summed E-state index contributed by atoms with van der Waals surface area (Å²) in [4.78, 5) is 50.4. The van der Waals surface area contributed by atoms with Crippen molar-refractivity contribution in [2.75, 3.05) is 0 Å². The molecule has 0 saturated heterocycles. The third-order valence-corrected chi connectivity index (χ3v) is 5.02. The van der Waals surface area contributed by atoms with Crippen LogP contribution in [0.5, 0.6) is 11.5 Å². The van der Waals surface area contributed by atoms with Gasteiger partial charge in [0.2, 0.25) is 0 Å². The molecule has 0 amide bonds. The van der Waals surface area contributed by atoms with E-state index in [2.05, 4.69) is 0 Å². The van der Waals surface area contributed by atoms with Gasteiger partial charge in [0, 0.05) is 22.3 Å². The van der Waals surface area contributed by atoms with Crippen LogP contribution in [0.25, 0.3) is 11.1 Å². The second kappa shape index (κ2) is 5.85. The zero-order valence-corrected chi connectivity index (χ0v) is 15.0. The van der Waals surface area contributed by atoms with Gasteiger partial charge in [-0.25, -0.2) is 0 Å². The molecule has 0 bridgehead atoms. The predicted molar refractivity (Wildman–Crippen MR) is 100 cm³/mol. The fraction of sp³-hybridized carbons (Fsp3) is 0.0909. The van der Waals surface area contributed by atoms with E-state index in [0.29, 0.717) is 0 Å². The summed E-state index contributed by atoms with van der Waals surface area (Å²) in [5.41, 5.74) is 0.534. The summed E-state index contributed by atoms with van der Waals surface area (Å²) in [5, 5.41) is 20.3. The minimum absolute atomic E-state index is 0.0324. The lowest BCUT2D eigenvalue weighted by atomic mass is 9.80. The summed E-state index contributed by atoms with van der Waals surface area (Å²) in [6, 6.07) is 5.38. The third-order valence-electron chi connectivity index (χ3n) is 5.02. The highest BCUT2D eigenvalue weighted by atomic mass is 16.3. The molecular weight excluding hydrogens is 360 g/mol. The first kappa shape index (κ1) is 17.6. The van der Waals surface area contributed by atoms with Gasteiger partial charge in [-0.2, -0.15) is 0 Å². The monoisotopic (exact) mass is 374 g/mol. The molecule has 0 heterocycles. The molecule has 6 nitrogen and oxygen atoms in total. The van der Waals surface area contributed by atoms with Crippen LogP contribution >= 0.6 is 0 Å². The quantitative estimate of drug-likeness (QED) is 0.792. The maximum atomic E-state index is 12.7. The first-order chi connectivity index (χ1) is 13.2. The van der Waals surface area contributed by atoms with Crippen molar-refractivity contribution in [3.05, 3.63) is 69.8 Å². The maximum absolute atomic E-state index is 12.7. The zero-order valence-electron chi connectivity index (χ0n) is 15.0. The van der Waals surface area contributed by atoms with Crippen molar-refractivity contribution in [3.8, 4) is 22.6 Å². The number of allylic oxidation sites excluding steroid dienone is 4. The van der Waals surface area contributed by atoms with Crippen molar-refractivity contribution in [1.82, 2.24) is 0 Å². The van der Waals surface area contributed by atoms with Gasteiger partial charge in [0.15, 0.2) is 23.1 Å². The molecule has 2 aliphatic carbocycles. The van der Waals surface area contributed by atoms with Crippen molar-refractivity contribution < 1.29 is 29.4 Å². The van der Waals surface area contributed by atoms with E-state index in [0.717, 1.165) is 0 Å². The second-order valence-electron chi connectivity index (χ2n) is 6.81. The van der Waals surface area contributed by atoms with Crippen LogP contribution in [0.3, 0.4) is 0 Å². The lowest BCUT2D eigenvalue weighted by molar-refractivity contribution is 0.0981. The highest BCUT2D eigenvalue weighted by Crippen LogP contribution is 2.41. The average molecular weight is 374 g/mol. The highest BCUT2D eigenvalue weighted by molar-refractivity contribution is 6.30. The Bertz CT molecular complexity index is 1110. The summed E-state index contributed by atoms with van der Waals surface area (Å²) in [7, 11) is 0. The van der Waals surface area contributed by atoms with E-state index >= 15 is 0 Å². The van der Waals surface area contributed by atoms with Crippen LogP contribution in [0.4, 0.5) is 0 Å². The van der Waals surface area contributed by atoms with Crippen molar-refractivity contribution in [2.45, 2.75) is 13.8 Å². The van der Waals surface area contributed by atoms with E-state index in [4.69, 9.17) is 0 Å². The van der Waals surface area contributed by atoms with Crippen LogP contribution in [0.1, 0.15) is 55.3 Å². The number of carbonyl (C=O) groups excluding carboxylic acids is 4. The molecule has 2 aliphatic rings. The largest absolute Gasteiger partial charge is 0.507 e. The number of hydrogen-bond donors (Lipinski definition) is 2. The van der Waals surface area contributed by atoms with Crippen molar-refractivity contribution >= 4 is 23.1 Å². The fourth-order valence-corrected chi connectivity index (χ4v) is 3.67. The molecule has 138 valence electrons. The van der Waals surface area contributed by atoms with Crippen molar-refractivity contribution in [1.29, 1.82) is 0 Å². The fourth-order valence-electron chi connectivity index (χ4n) is 3.67. The molecule has 6 heteroatoms. The number of ketones is 4. The van der Waals surface area contributed by atoms with Crippen LogP contribution in [0.2, 0.25) is 0 Å². The molecule has 0 atom stereocenters.